The largest absolute Gasteiger partial charge is 0.497 e. The number of benzene rings is 1. The van der Waals surface area contributed by atoms with Gasteiger partial charge >= 0.3 is 0 Å². The minimum absolute atomic E-state index is 0.175. The van der Waals surface area contributed by atoms with Crippen LogP contribution in [0.5, 0.6) is 5.75 Å². The van der Waals surface area contributed by atoms with Crippen molar-refractivity contribution < 1.29 is 9.13 Å². The van der Waals surface area contributed by atoms with Crippen molar-refractivity contribution in [2.75, 3.05) is 39.8 Å². The van der Waals surface area contributed by atoms with Gasteiger partial charge in [-0.1, -0.05) is 0 Å². The topological polar surface area (TPSA) is 24.5 Å². The molecule has 0 amide bonds. The van der Waals surface area contributed by atoms with E-state index < -0.39 is 0 Å². The highest BCUT2D eigenvalue weighted by molar-refractivity contribution is 9.10. The highest BCUT2D eigenvalue weighted by atomic mass is 79.9. The van der Waals surface area contributed by atoms with Gasteiger partial charge in [-0.25, -0.2) is 4.39 Å². The fraction of sp³-hybridized carbons (Fsp3) is 0.538. The lowest BCUT2D eigenvalue weighted by Gasteiger charge is -2.27. The molecule has 5 heteroatoms. The summed E-state index contributed by atoms with van der Waals surface area (Å²) in [5.74, 6) is 0.518. The lowest BCUT2D eigenvalue weighted by molar-refractivity contribution is 0.243. The molecule has 0 spiro atoms. The first kappa shape index (κ1) is 13.8. The Morgan fingerprint density at radius 2 is 2.11 bits per heavy atom. The van der Waals surface area contributed by atoms with Gasteiger partial charge < -0.3 is 15.0 Å². The zero-order valence-electron chi connectivity index (χ0n) is 10.5. The molecule has 0 atom stereocenters. The SMILES string of the molecule is COc1cc(Br)c(F)c(CCN2CCNCC2)c1. The monoisotopic (exact) mass is 316 g/mol. The van der Waals surface area contributed by atoms with E-state index in [9.17, 15) is 4.39 Å². The third-order valence-electron chi connectivity index (χ3n) is 3.22. The van der Waals surface area contributed by atoms with Gasteiger partial charge in [0.25, 0.3) is 0 Å². The van der Waals surface area contributed by atoms with Crippen molar-refractivity contribution >= 4 is 15.9 Å². The van der Waals surface area contributed by atoms with Gasteiger partial charge in [-0.2, -0.15) is 0 Å². The Hall–Kier alpha value is -0.650. The third-order valence-corrected chi connectivity index (χ3v) is 3.80. The Balaban J connectivity index is 2.01. The second-order valence-electron chi connectivity index (χ2n) is 4.42. The zero-order valence-corrected chi connectivity index (χ0v) is 12.1. The van der Waals surface area contributed by atoms with E-state index >= 15 is 0 Å². The Bertz CT molecular complexity index is 408. The Morgan fingerprint density at radius 3 is 2.78 bits per heavy atom. The first-order chi connectivity index (χ1) is 8.70. The van der Waals surface area contributed by atoms with Gasteiger partial charge in [-0.15, -0.1) is 0 Å². The maximum Gasteiger partial charge on any atom is 0.140 e. The first-order valence-corrected chi connectivity index (χ1v) is 6.95. The van der Waals surface area contributed by atoms with E-state index in [1.807, 2.05) is 0 Å². The van der Waals surface area contributed by atoms with Crippen LogP contribution in [0.25, 0.3) is 0 Å². The highest BCUT2D eigenvalue weighted by Crippen LogP contribution is 2.26. The molecule has 1 heterocycles. The molecule has 2 rings (SSSR count). The van der Waals surface area contributed by atoms with Crippen molar-refractivity contribution in [3.8, 4) is 5.75 Å². The molecule has 100 valence electrons. The molecule has 0 radical (unpaired) electrons. The molecule has 0 aromatic heterocycles. The van der Waals surface area contributed by atoms with E-state index in [0.717, 1.165) is 32.7 Å². The van der Waals surface area contributed by atoms with Crippen molar-refractivity contribution in [3.05, 3.63) is 28.0 Å². The van der Waals surface area contributed by atoms with Gasteiger partial charge in [0.05, 0.1) is 11.6 Å². The minimum Gasteiger partial charge on any atom is -0.497 e. The van der Waals surface area contributed by atoms with Crippen LogP contribution in [-0.2, 0) is 6.42 Å². The van der Waals surface area contributed by atoms with Crippen LogP contribution in [-0.4, -0.2) is 44.7 Å². The second-order valence-corrected chi connectivity index (χ2v) is 5.28. The molecule has 1 aliphatic rings. The molecule has 0 bridgehead atoms. The van der Waals surface area contributed by atoms with E-state index in [1.54, 1.807) is 19.2 Å². The fourth-order valence-electron chi connectivity index (χ4n) is 2.13. The van der Waals surface area contributed by atoms with Crippen LogP contribution in [0.2, 0.25) is 0 Å². The number of nitrogens with one attached hydrogen (secondary N) is 1. The lowest BCUT2D eigenvalue weighted by atomic mass is 10.1. The van der Waals surface area contributed by atoms with Crippen molar-refractivity contribution in [3.63, 3.8) is 0 Å². The number of piperazine rings is 1. The van der Waals surface area contributed by atoms with E-state index in [0.29, 0.717) is 22.2 Å². The molecule has 1 aliphatic heterocycles. The summed E-state index contributed by atoms with van der Waals surface area (Å²) in [6.07, 6.45) is 0.710. The van der Waals surface area contributed by atoms with Gasteiger partial charge in [-0.05, 0) is 40.0 Å². The van der Waals surface area contributed by atoms with Crippen LogP contribution in [0.3, 0.4) is 0 Å². The summed E-state index contributed by atoms with van der Waals surface area (Å²) in [4.78, 5) is 2.35. The summed E-state index contributed by atoms with van der Waals surface area (Å²) in [6, 6.07) is 3.44. The average Bonchev–Trinajstić information content (AvgIpc) is 2.41. The van der Waals surface area contributed by atoms with Crippen LogP contribution in [0.4, 0.5) is 4.39 Å². The summed E-state index contributed by atoms with van der Waals surface area (Å²) in [6.45, 7) is 4.99. The number of nitrogens with zero attached hydrogens (tertiary/aromatic N) is 1. The van der Waals surface area contributed by atoms with Crippen LogP contribution in [0.1, 0.15) is 5.56 Å². The van der Waals surface area contributed by atoms with Crippen LogP contribution >= 0.6 is 15.9 Å². The van der Waals surface area contributed by atoms with Crippen LogP contribution < -0.4 is 10.1 Å². The molecule has 0 saturated carbocycles. The lowest BCUT2D eigenvalue weighted by Crippen LogP contribution is -2.44. The predicted octanol–water partition coefficient (Wildman–Crippen LogP) is 2.04. The number of hydrogen-bond donors (Lipinski definition) is 1. The Morgan fingerprint density at radius 1 is 1.39 bits per heavy atom. The highest BCUT2D eigenvalue weighted by Gasteiger charge is 2.13. The number of halogens is 2. The zero-order chi connectivity index (χ0) is 13.0. The predicted molar refractivity (Wildman–Crippen MR) is 73.7 cm³/mol. The maximum atomic E-state index is 13.9. The molecule has 3 nitrogen and oxygen atoms in total. The third kappa shape index (κ3) is 3.43. The van der Waals surface area contributed by atoms with Gasteiger partial charge in [0.1, 0.15) is 11.6 Å². The quantitative estimate of drug-likeness (QED) is 0.920. The van der Waals surface area contributed by atoms with E-state index in [-0.39, 0.29) is 5.82 Å². The minimum atomic E-state index is -0.175. The number of rotatable bonds is 4. The normalized spacial score (nSPS) is 16.8. The van der Waals surface area contributed by atoms with Crippen molar-refractivity contribution in [1.29, 1.82) is 0 Å². The molecule has 0 aliphatic carbocycles. The van der Waals surface area contributed by atoms with Gasteiger partial charge in [-0.3, -0.25) is 0 Å². The van der Waals surface area contributed by atoms with Crippen molar-refractivity contribution in [2.24, 2.45) is 0 Å². The molecule has 1 aromatic rings. The molecule has 18 heavy (non-hydrogen) atoms. The summed E-state index contributed by atoms with van der Waals surface area (Å²) >= 11 is 3.23. The van der Waals surface area contributed by atoms with Crippen LogP contribution in [0.15, 0.2) is 16.6 Å². The molecule has 0 unspecified atom stereocenters. The molecule has 1 aromatic carbocycles. The second kappa shape index (κ2) is 6.50. The standard InChI is InChI=1S/C13H18BrFN2O/c1-18-11-8-10(13(15)12(14)9-11)2-5-17-6-3-16-4-7-17/h8-9,16H,2-7H2,1H3. The van der Waals surface area contributed by atoms with Crippen LogP contribution in [0, 0.1) is 5.82 Å². The van der Waals surface area contributed by atoms with Crippen molar-refractivity contribution in [2.45, 2.75) is 6.42 Å². The van der Waals surface area contributed by atoms with E-state index in [1.165, 1.54) is 0 Å². The molecule has 1 saturated heterocycles. The number of ether oxygens (including phenoxy) is 1. The van der Waals surface area contributed by atoms with Gasteiger partial charge in [0, 0.05) is 32.7 Å². The van der Waals surface area contributed by atoms with Gasteiger partial charge in [0.15, 0.2) is 0 Å². The summed E-state index contributed by atoms with van der Waals surface area (Å²) in [7, 11) is 1.60. The summed E-state index contributed by atoms with van der Waals surface area (Å²) in [5.41, 5.74) is 0.708. The smallest absolute Gasteiger partial charge is 0.140 e. The van der Waals surface area contributed by atoms with E-state index in [4.69, 9.17) is 4.74 Å². The number of hydrogen-bond acceptors (Lipinski definition) is 3. The first-order valence-electron chi connectivity index (χ1n) is 6.15. The molecule has 1 N–H and O–H groups in total. The number of methoxy groups -OCH3 is 1. The fourth-order valence-corrected chi connectivity index (χ4v) is 2.61. The summed E-state index contributed by atoms with van der Waals surface area (Å²) < 4.78 is 19.6. The average molecular weight is 317 g/mol. The van der Waals surface area contributed by atoms with E-state index in [2.05, 4.69) is 26.1 Å². The van der Waals surface area contributed by atoms with Gasteiger partial charge in [0.2, 0.25) is 0 Å². The Labute approximate surface area is 115 Å². The Kier molecular flexibility index (Phi) is 4.97. The van der Waals surface area contributed by atoms with Crippen molar-refractivity contribution in [1.82, 2.24) is 10.2 Å². The molecular weight excluding hydrogens is 299 g/mol. The maximum absolute atomic E-state index is 13.9. The molecular formula is C13H18BrFN2O. The summed E-state index contributed by atoms with van der Waals surface area (Å²) in [5, 5.41) is 3.31. The molecule has 1 fully saturated rings.